The zero-order valence-electron chi connectivity index (χ0n) is 9.80. The molecule has 0 aliphatic heterocycles. The summed E-state index contributed by atoms with van der Waals surface area (Å²) in [5, 5.41) is 0. The minimum Gasteiger partial charge on any atom is -0.490 e. The third kappa shape index (κ3) is 3.66. The van der Waals surface area contributed by atoms with Gasteiger partial charge in [-0.2, -0.15) is 0 Å². The van der Waals surface area contributed by atoms with Gasteiger partial charge in [-0.05, 0) is 24.3 Å². The van der Waals surface area contributed by atoms with Crippen molar-refractivity contribution in [3.8, 4) is 11.5 Å². The molecule has 0 aromatic heterocycles. The first-order valence-electron chi connectivity index (χ1n) is 5.61. The maximum atomic E-state index is 12.9. The number of nitrogen functional groups attached to an aromatic ring is 1. The highest BCUT2D eigenvalue weighted by molar-refractivity contribution is 5.43. The van der Waals surface area contributed by atoms with Gasteiger partial charge in [0.2, 0.25) is 0 Å². The van der Waals surface area contributed by atoms with Crippen molar-refractivity contribution in [1.29, 1.82) is 0 Å². The van der Waals surface area contributed by atoms with E-state index in [4.69, 9.17) is 15.2 Å². The molecule has 0 aliphatic rings. The second-order valence-corrected chi connectivity index (χ2v) is 3.73. The van der Waals surface area contributed by atoms with Gasteiger partial charge in [0.15, 0.2) is 0 Å². The van der Waals surface area contributed by atoms with Crippen molar-refractivity contribution >= 4 is 5.69 Å². The van der Waals surface area contributed by atoms with Gasteiger partial charge in [0, 0.05) is 17.8 Å². The second-order valence-electron chi connectivity index (χ2n) is 3.73. The minimum absolute atomic E-state index is 0.316. The SMILES string of the molecule is Nc1cccc(OCCOc2cccc(F)c2)c1. The Labute approximate surface area is 105 Å². The van der Waals surface area contributed by atoms with E-state index < -0.39 is 0 Å². The highest BCUT2D eigenvalue weighted by atomic mass is 19.1. The molecule has 0 bridgehead atoms. The number of benzene rings is 2. The molecular weight excluding hydrogens is 233 g/mol. The van der Waals surface area contributed by atoms with Crippen LogP contribution in [0.25, 0.3) is 0 Å². The summed E-state index contributed by atoms with van der Waals surface area (Å²) in [5.74, 6) is 0.869. The Morgan fingerprint density at radius 1 is 0.889 bits per heavy atom. The fourth-order valence-electron chi connectivity index (χ4n) is 1.48. The molecule has 0 atom stereocenters. The van der Waals surface area contributed by atoms with Crippen LogP contribution in [0, 0.1) is 5.82 Å². The van der Waals surface area contributed by atoms with Crippen molar-refractivity contribution in [3.05, 3.63) is 54.3 Å². The van der Waals surface area contributed by atoms with E-state index in [1.165, 1.54) is 12.1 Å². The van der Waals surface area contributed by atoms with Crippen molar-refractivity contribution in [1.82, 2.24) is 0 Å². The molecule has 0 spiro atoms. The number of rotatable bonds is 5. The van der Waals surface area contributed by atoms with Gasteiger partial charge in [-0.15, -0.1) is 0 Å². The Kier molecular flexibility index (Phi) is 4.02. The Morgan fingerprint density at radius 2 is 1.50 bits per heavy atom. The predicted octanol–water partition coefficient (Wildman–Crippen LogP) is 2.87. The lowest BCUT2D eigenvalue weighted by atomic mass is 10.3. The lowest BCUT2D eigenvalue weighted by Gasteiger charge is -2.08. The van der Waals surface area contributed by atoms with Crippen LogP contribution in [0.15, 0.2) is 48.5 Å². The third-order valence-electron chi connectivity index (χ3n) is 2.27. The quantitative estimate of drug-likeness (QED) is 0.652. The summed E-state index contributed by atoms with van der Waals surface area (Å²) >= 11 is 0. The monoisotopic (exact) mass is 247 g/mol. The number of halogens is 1. The first-order valence-corrected chi connectivity index (χ1v) is 5.61. The predicted molar refractivity (Wildman–Crippen MR) is 68.2 cm³/mol. The van der Waals surface area contributed by atoms with E-state index in [2.05, 4.69) is 0 Å². The number of anilines is 1. The van der Waals surface area contributed by atoms with Gasteiger partial charge in [0.25, 0.3) is 0 Å². The molecule has 2 aromatic rings. The average Bonchev–Trinajstić information content (AvgIpc) is 2.35. The van der Waals surface area contributed by atoms with Crippen molar-refractivity contribution < 1.29 is 13.9 Å². The van der Waals surface area contributed by atoms with Gasteiger partial charge < -0.3 is 15.2 Å². The maximum Gasteiger partial charge on any atom is 0.126 e. The molecule has 0 amide bonds. The molecule has 0 saturated carbocycles. The second kappa shape index (κ2) is 5.91. The van der Waals surface area contributed by atoms with E-state index >= 15 is 0 Å². The summed E-state index contributed by atoms with van der Waals surface area (Å²) in [6.07, 6.45) is 0. The Morgan fingerprint density at radius 3 is 2.11 bits per heavy atom. The normalized spacial score (nSPS) is 10.1. The van der Waals surface area contributed by atoms with Crippen molar-refractivity contribution in [3.63, 3.8) is 0 Å². The largest absolute Gasteiger partial charge is 0.490 e. The van der Waals surface area contributed by atoms with Crippen LogP contribution in [0.3, 0.4) is 0 Å². The van der Waals surface area contributed by atoms with Crippen LogP contribution >= 0.6 is 0 Å². The molecule has 2 N–H and O–H groups in total. The zero-order valence-corrected chi connectivity index (χ0v) is 9.80. The number of hydrogen-bond acceptors (Lipinski definition) is 3. The summed E-state index contributed by atoms with van der Waals surface area (Å²) in [6.45, 7) is 0.720. The van der Waals surface area contributed by atoms with Crippen molar-refractivity contribution in [2.75, 3.05) is 18.9 Å². The molecule has 0 unspecified atom stereocenters. The average molecular weight is 247 g/mol. The summed E-state index contributed by atoms with van der Waals surface area (Å²) in [6, 6.07) is 13.2. The van der Waals surface area contributed by atoms with Crippen molar-refractivity contribution in [2.45, 2.75) is 0 Å². The standard InChI is InChI=1S/C14H14FNO2/c15-11-3-1-5-13(9-11)17-7-8-18-14-6-2-4-12(16)10-14/h1-6,9-10H,7-8,16H2. The van der Waals surface area contributed by atoms with Crippen LogP contribution in [-0.4, -0.2) is 13.2 Å². The van der Waals surface area contributed by atoms with Crippen LogP contribution in [0.1, 0.15) is 0 Å². The van der Waals surface area contributed by atoms with E-state index in [-0.39, 0.29) is 5.82 Å². The molecule has 2 aromatic carbocycles. The van der Waals surface area contributed by atoms with Crippen LogP contribution in [0.2, 0.25) is 0 Å². The highest BCUT2D eigenvalue weighted by Crippen LogP contribution is 2.15. The third-order valence-corrected chi connectivity index (χ3v) is 2.27. The molecule has 0 heterocycles. The molecule has 0 aliphatic carbocycles. The molecule has 0 saturated heterocycles. The van der Waals surface area contributed by atoms with Gasteiger partial charge in [-0.1, -0.05) is 12.1 Å². The Balaban J connectivity index is 1.76. The number of ether oxygens (including phenoxy) is 2. The van der Waals surface area contributed by atoms with E-state index in [9.17, 15) is 4.39 Å². The van der Waals surface area contributed by atoms with Gasteiger partial charge in [-0.3, -0.25) is 0 Å². The Bertz CT molecular complexity index is 469. The lowest BCUT2D eigenvalue weighted by molar-refractivity contribution is 0.216. The maximum absolute atomic E-state index is 12.9. The zero-order chi connectivity index (χ0) is 12.8. The van der Waals surface area contributed by atoms with Crippen molar-refractivity contribution in [2.24, 2.45) is 0 Å². The van der Waals surface area contributed by atoms with E-state index in [1.54, 1.807) is 24.3 Å². The molecule has 3 nitrogen and oxygen atoms in total. The molecule has 0 radical (unpaired) electrons. The smallest absolute Gasteiger partial charge is 0.126 e. The van der Waals surface area contributed by atoms with Gasteiger partial charge in [-0.25, -0.2) is 4.39 Å². The first kappa shape index (κ1) is 12.2. The van der Waals surface area contributed by atoms with Crippen LogP contribution in [0.4, 0.5) is 10.1 Å². The van der Waals surface area contributed by atoms with Gasteiger partial charge in [0.05, 0.1) is 0 Å². The Hall–Kier alpha value is -2.23. The lowest BCUT2D eigenvalue weighted by Crippen LogP contribution is -2.09. The van der Waals surface area contributed by atoms with Crippen LogP contribution < -0.4 is 15.2 Å². The van der Waals surface area contributed by atoms with Gasteiger partial charge in [0.1, 0.15) is 30.5 Å². The molecule has 94 valence electrons. The molecular formula is C14H14FNO2. The summed E-state index contributed by atoms with van der Waals surface area (Å²) in [7, 11) is 0. The number of nitrogens with two attached hydrogens (primary N) is 1. The highest BCUT2D eigenvalue weighted by Gasteiger charge is 1.97. The van der Waals surface area contributed by atoms with Gasteiger partial charge >= 0.3 is 0 Å². The summed E-state index contributed by atoms with van der Waals surface area (Å²) in [4.78, 5) is 0. The fourth-order valence-corrected chi connectivity index (χ4v) is 1.48. The molecule has 2 rings (SSSR count). The first-order chi connectivity index (χ1) is 8.74. The molecule has 4 heteroatoms. The topological polar surface area (TPSA) is 44.5 Å². The fraction of sp³-hybridized carbons (Fsp3) is 0.143. The van der Waals surface area contributed by atoms with Crippen LogP contribution in [0.5, 0.6) is 11.5 Å². The summed E-state index contributed by atoms with van der Waals surface area (Å²) in [5.41, 5.74) is 6.27. The minimum atomic E-state index is -0.316. The van der Waals surface area contributed by atoms with E-state index in [0.717, 1.165) is 0 Å². The van der Waals surface area contributed by atoms with E-state index in [0.29, 0.717) is 30.4 Å². The van der Waals surface area contributed by atoms with Crippen LogP contribution in [-0.2, 0) is 0 Å². The molecule has 0 fully saturated rings. The summed E-state index contributed by atoms with van der Waals surface area (Å²) < 4.78 is 23.6. The van der Waals surface area contributed by atoms with E-state index in [1.807, 2.05) is 12.1 Å². The number of hydrogen-bond donors (Lipinski definition) is 1. The molecule has 18 heavy (non-hydrogen) atoms.